The van der Waals surface area contributed by atoms with Gasteiger partial charge >= 0.3 is 12.1 Å². The number of unbranched alkanes of at least 4 members (excludes halogenated alkanes) is 2. The van der Waals surface area contributed by atoms with Crippen LogP contribution in [0.4, 0.5) is 10.6 Å². The molecule has 0 spiro atoms. The van der Waals surface area contributed by atoms with Crippen molar-refractivity contribution in [1.29, 1.82) is 0 Å². The second kappa shape index (κ2) is 16.5. The second-order valence-corrected chi connectivity index (χ2v) is 11.6. The summed E-state index contributed by atoms with van der Waals surface area (Å²) in [5, 5.41) is 12.1. The first kappa shape index (κ1) is 34.1. The van der Waals surface area contributed by atoms with Crippen LogP contribution in [0.2, 0.25) is 0 Å². The van der Waals surface area contributed by atoms with Crippen LogP contribution in [0.25, 0.3) is 11.4 Å². The summed E-state index contributed by atoms with van der Waals surface area (Å²) in [6.45, 7) is 4.40. The first-order valence-electron chi connectivity index (χ1n) is 15.9. The van der Waals surface area contributed by atoms with Crippen molar-refractivity contribution in [3.8, 4) is 11.4 Å². The van der Waals surface area contributed by atoms with E-state index in [1.807, 2.05) is 35.2 Å². The third-order valence-corrected chi connectivity index (χ3v) is 8.27. The van der Waals surface area contributed by atoms with Crippen LogP contribution in [0, 0.1) is 5.92 Å². The van der Waals surface area contributed by atoms with Gasteiger partial charge in [-0.25, -0.2) is 14.8 Å². The number of nitrogens with one attached hydrogen (secondary N) is 1. The molecule has 0 bridgehead atoms. The van der Waals surface area contributed by atoms with E-state index in [1.165, 1.54) is 11.0 Å². The molecule has 2 aromatic rings. The van der Waals surface area contributed by atoms with Crippen LogP contribution in [0.1, 0.15) is 62.4 Å². The van der Waals surface area contributed by atoms with Gasteiger partial charge in [-0.15, -0.1) is 0 Å². The highest BCUT2D eigenvalue weighted by Gasteiger charge is 2.32. The van der Waals surface area contributed by atoms with Gasteiger partial charge in [0.25, 0.3) is 5.91 Å². The Morgan fingerprint density at radius 3 is 2.28 bits per heavy atom. The maximum Gasteiger partial charge on any atom is 0.409 e. The van der Waals surface area contributed by atoms with Gasteiger partial charge in [0.05, 0.1) is 6.61 Å². The third-order valence-electron chi connectivity index (χ3n) is 8.27. The molecule has 4 N–H and O–H groups in total. The summed E-state index contributed by atoms with van der Waals surface area (Å²) in [6.07, 6.45) is 3.00. The predicted octanol–water partition coefficient (Wildman–Crippen LogP) is 2.28. The Balaban J connectivity index is 1.48. The summed E-state index contributed by atoms with van der Waals surface area (Å²) in [5.41, 5.74) is 6.21. The van der Waals surface area contributed by atoms with Gasteiger partial charge in [0, 0.05) is 63.2 Å². The molecule has 248 valence electrons. The van der Waals surface area contributed by atoms with Crippen LogP contribution in [-0.2, 0) is 19.1 Å². The highest BCUT2D eigenvalue weighted by Crippen LogP contribution is 2.25. The number of ether oxygens (including phenoxy) is 1. The van der Waals surface area contributed by atoms with Crippen LogP contribution in [0.5, 0.6) is 0 Å². The van der Waals surface area contributed by atoms with Crippen molar-refractivity contribution in [1.82, 2.24) is 25.1 Å². The molecule has 4 amide bonds. The Hall–Kier alpha value is -4.75. The number of carbonyl (C=O) groups excluding carboxylic acids is 4. The molecule has 0 aliphatic carbocycles. The highest BCUT2D eigenvalue weighted by atomic mass is 16.6. The molecule has 2 aliphatic heterocycles. The molecule has 2 saturated heterocycles. The van der Waals surface area contributed by atoms with Crippen molar-refractivity contribution in [2.24, 2.45) is 11.7 Å². The summed E-state index contributed by atoms with van der Waals surface area (Å²) in [4.78, 5) is 77.0. The number of nitrogens with zero attached hydrogens (tertiary/aromatic N) is 5. The van der Waals surface area contributed by atoms with Crippen LogP contribution in [0.15, 0.2) is 36.4 Å². The number of carbonyl (C=O) groups is 5. The van der Waals surface area contributed by atoms with Gasteiger partial charge in [0.2, 0.25) is 11.8 Å². The Morgan fingerprint density at radius 1 is 0.978 bits per heavy atom. The van der Waals surface area contributed by atoms with Crippen molar-refractivity contribution in [2.75, 3.05) is 50.8 Å². The number of rotatable bonds is 13. The smallest absolute Gasteiger partial charge is 0.409 e. The topological polar surface area (TPSA) is 188 Å². The van der Waals surface area contributed by atoms with E-state index in [-0.39, 0.29) is 56.5 Å². The summed E-state index contributed by atoms with van der Waals surface area (Å²) in [6, 6.07) is 9.56. The zero-order valence-corrected chi connectivity index (χ0v) is 26.2. The Bertz CT molecular complexity index is 1370. The SMILES string of the molecule is CCCCCOC(=O)N1CCN(C(=O)[C@H](CCC(=O)O)NC(=O)c2cc(N3CCC(C(N)=O)CC3)nc(-c3ccccc3)n2)CC1. The molecule has 3 heterocycles. The fourth-order valence-electron chi connectivity index (χ4n) is 5.51. The van der Waals surface area contributed by atoms with Gasteiger partial charge in [-0.2, -0.15) is 0 Å². The first-order chi connectivity index (χ1) is 22.2. The molecule has 14 heteroatoms. The monoisotopic (exact) mass is 637 g/mol. The average Bonchev–Trinajstić information content (AvgIpc) is 3.08. The van der Waals surface area contributed by atoms with E-state index in [0.717, 1.165) is 19.3 Å². The fourth-order valence-corrected chi connectivity index (χ4v) is 5.51. The van der Waals surface area contributed by atoms with Crippen LogP contribution < -0.4 is 16.0 Å². The molecule has 0 saturated carbocycles. The van der Waals surface area contributed by atoms with E-state index in [2.05, 4.69) is 17.2 Å². The molecule has 0 radical (unpaired) electrons. The number of piperazine rings is 1. The van der Waals surface area contributed by atoms with E-state index in [0.29, 0.717) is 49.7 Å². The third kappa shape index (κ3) is 9.38. The lowest BCUT2D eigenvalue weighted by Crippen LogP contribution is -2.56. The number of aliphatic carboxylic acids is 1. The Morgan fingerprint density at radius 2 is 1.65 bits per heavy atom. The Kier molecular flexibility index (Phi) is 12.3. The van der Waals surface area contributed by atoms with E-state index in [4.69, 9.17) is 15.5 Å². The molecule has 2 fully saturated rings. The minimum absolute atomic E-state index is 0.0182. The number of nitrogens with two attached hydrogens (primary N) is 1. The van der Waals surface area contributed by atoms with Crippen molar-refractivity contribution in [3.05, 3.63) is 42.1 Å². The maximum absolute atomic E-state index is 13.7. The summed E-state index contributed by atoms with van der Waals surface area (Å²) in [7, 11) is 0. The molecule has 1 aromatic heterocycles. The van der Waals surface area contributed by atoms with E-state index in [1.54, 1.807) is 4.90 Å². The van der Waals surface area contributed by atoms with Crippen LogP contribution in [0.3, 0.4) is 0 Å². The molecular formula is C32H43N7O7. The minimum Gasteiger partial charge on any atom is -0.481 e. The molecule has 0 unspecified atom stereocenters. The molecule has 4 rings (SSSR count). The minimum atomic E-state index is -1.12. The lowest BCUT2D eigenvalue weighted by Gasteiger charge is -2.36. The van der Waals surface area contributed by atoms with Crippen molar-refractivity contribution >= 4 is 35.6 Å². The van der Waals surface area contributed by atoms with Crippen LogP contribution >= 0.6 is 0 Å². The fraction of sp³-hybridized carbons (Fsp3) is 0.531. The zero-order chi connectivity index (χ0) is 33.1. The van der Waals surface area contributed by atoms with Gasteiger partial charge in [0.15, 0.2) is 5.82 Å². The van der Waals surface area contributed by atoms with Gasteiger partial charge in [0.1, 0.15) is 17.6 Å². The normalized spacial score (nSPS) is 16.1. The Labute approximate surface area is 268 Å². The standard InChI is InChI=1S/C32H43N7O7/c1-2-3-7-20-46-32(45)39-18-16-38(17-19-39)31(44)24(10-11-27(40)41)35-30(43)25-21-26(37-14-12-22(13-15-37)28(33)42)36-29(34-25)23-8-5-4-6-9-23/h4-6,8-9,21-22,24H,2-3,7,10-20H2,1H3,(H2,33,42)(H,35,43)(H,40,41)/t24-/m0/s1. The number of benzene rings is 1. The molecule has 1 aromatic carbocycles. The second-order valence-electron chi connectivity index (χ2n) is 11.6. The van der Waals surface area contributed by atoms with Gasteiger partial charge < -0.3 is 35.6 Å². The number of hydrogen-bond donors (Lipinski definition) is 3. The van der Waals surface area contributed by atoms with E-state index >= 15 is 0 Å². The average molecular weight is 638 g/mol. The molecule has 46 heavy (non-hydrogen) atoms. The maximum atomic E-state index is 13.7. The number of amides is 4. The van der Waals surface area contributed by atoms with Crippen molar-refractivity contribution in [3.63, 3.8) is 0 Å². The molecular weight excluding hydrogens is 594 g/mol. The van der Waals surface area contributed by atoms with Gasteiger partial charge in [-0.3, -0.25) is 19.2 Å². The summed E-state index contributed by atoms with van der Waals surface area (Å²) < 4.78 is 5.33. The number of carboxylic acids is 1. The molecule has 1 atom stereocenters. The largest absolute Gasteiger partial charge is 0.481 e. The number of carboxylic acid groups (broad SMARTS) is 1. The summed E-state index contributed by atoms with van der Waals surface area (Å²) >= 11 is 0. The van der Waals surface area contributed by atoms with Crippen molar-refractivity contribution < 1.29 is 33.8 Å². The number of hydrogen-bond acceptors (Lipinski definition) is 9. The lowest BCUT2D eigenvalue weighted by atomic mass is 9.96. The summed E-state index contributed by atoms with van der Waals surface area (Å²) in [5.74, 6) is -1.94. The van der Waals surface area contributed by atoms with Gasteiger partial charge in [-0.1, -0.05) is 50.1 Å². The quantitative estimate of drug-likeness (QED) is 0.275. The van der Waals surface area contributed by atoms with Crippen LogP contribution in [-0.4, -0.2) is 107 Å². The first-order valence-corrected chi connectivity index (χ1v) is 15.9. The predicted molar refractivity (Wildman–Crippen MR) is 169 cm³/mol. The number of aromatic nitrogens is 2. The molecule has 14 nitrogen and oxygen atoms in total. The highest BCUT2D eigenvalue weighted by molar-refractivity contribution is 5.97. The number of piperidine rings is 1. The number of primary amides is 1. The lowest BCUT2D eigenvalue weighted by molar-refractivity contribution is -0.138. The van der Waals surface area contributed by atoms with E-state index in [9.17, 15) is 29.1 Å². The van der Waals surface area contributed by atoms with E-state index < -0.39 is 29.9 Å². The zero-order valence-electron chi connectivity index (χ0n) is 26.2. The number of anilines is 1. The van der Waals surface area contributed by atoms with Gasteiger partial charge in [-0.05, 0) is 25.7 Å². The molecule has 2 aliphatic rings. The van der Waals surface area contributed by atoms with Crippen molar-refractivity contribution in [2.45, 2.75) is 57.9 Å².